The third-order valence-electron chi connectivity index (χ3n) is 5.92. The summed E-state index contributed by atoms with van der Waals surface area (Å²) >= 11 is 0. The van der Waals surface area contributed by atoms with Gasteiger partial charge in [-0.3, -0.25) is 9.69 Å². The van der Waals surface area contributed by atoms with E-state index < -0.39 is 0 Å². The normalized spacial score (nSPS) is 23.0. The molecule has 2 aliphatic heterocycles. The van der Waals surface area contributed by atoms with Crippen LogP contribution in [0.25, 0.3) is 0 Å². The molecule has 1 N–H and O–H groups in total. The number of amides is 1. The molecule has 2 atom stereocenters. The smallest absolute Gasteiger partial charge is 0.292 e. The Kier molecular flexibility index (Phi) is 5.57. The minimum absolute atomic E-state index is 0.0955. The van der Waals surface area contributed by atoms with Gasteiger partial charge in [0.15, 0.2) is 0 Å². The molecule has 6 nitrogen and oxygen atoms in total. The Hall–Kier alpha value is -2.47. The molecule has 2 aliphatic rings. The van der Waals surface area contributed by atoms with E-state index in [0.717, 1.165) is 30.6 Å². The van der Waals surface area contributed by atoms with Gasteiger partial charge in [-0.15, -0.1) is 0 Å². The van der Waals surface area contributed by atoms with Crippen molar-refractivity contribution in [2.75, 3.05) is 18.4 Å². The van der Waals surface area contributed by atoms with E-state index in [0.29, 0.717) is 31.2 Å². The molecular weight excluding hydrogens is 350 g/mol. The molecular formula is C22H29N5O. The number of aromatic nitrogens is 2. The number of para-hydroxylation sites is 1. The van der Waals surface area contributed by atoms with Crippen molar-refractivity contribution in [2.24, 2.45) is 0 Å². The molecule has 6 heteroatoms. The Bertz CT molecular complexity index is 810. The van der Waals surface area contributed by atoms with Gasteiger partial charge in [0.2, 0.25) is 5.82 Å². The average Bonchev–Trinajstić information content (AvgIpc) is 3.09. The fourth-order valence-electron chi connectivity index (χ4n) is 4.74. The summed E-state index contributed by atoms with van der Waals surface area (Å²) < 4.78 is 0. The number of carbonyl (C=O) groups excluding carboxylic acids is 1. The van der Waals surface area contributed by atoms with Crippen LogP contribution in [-0.4, -0.2) is 56.9 Å². The highest BCUT2D eigenvalue weighted by molar-refractivity contribution is 5.90. The fourth-order valence-corrected chi connectivity index (χ4v) is 4.74. The fraction of sp³-hybridized carbons (Fsp3) is 0.500. The highest BCUT2D eigenvalue weighted by atomic mass is 16.2. The third kappa shape index (κ3) is 3.87. The predicted octanol–water partition coefficient (Wildman–Crippen LogP) is 3.18. The van der Waals surface area contributed by atoms with Gasteiger partial charge < -0.3 is 10.2 Å². The molecule has 1 amide bonds. The van der Waals surface area contributed by atoms with Gasteiger partial charge in [0, 0.05) is 55.8 Å². The van der Waals surface area contributed by atoms with E-state index in [1.165, 1.54) is 6.42 Å². The summed E-state index contributed by atoms with van der Waals surface area (Å²) in [5.74, 6) is 0.176. The highest BCUT2D eigenvalue weighted by Crippen LogP contribution is 2.31. The topological polar surface area (TPSA) is 61.4 Å². The maximum absolute atomic E-state index is 13.3. The first-order valence-electron chi connectivity index (χ1n) is 10.3. The number of benzene rings is 1. The largest absolute Gasteiger partial charge is 0.385 e. The second kappa shape index (κ2) is 8.27. The molecule has 1 aromatic carbocycles. The number of carbonyl (C=O) groups is 1. The molecule has 3 heterocycles. The molecule has 0 unspecified atom stereocenters. The number of anilines is 1. The standard InChI is InChI=1S/C22H29N5O/c1-16(2)27-18-8-9-19(27)15-26(22(28)21-24-11-5-12-25-21)14-17-6-3-4-7-20(17)23-13-10-18/h3-7,11-12,16,18-19,23H,8-10,13-15H2,1-2H3/t18-,19+/m1/s1. The Morgan fingerprint density at radius 1 is 1.07 bits per heavy atom. The number of fused-ring (bicyclic) bond motifs is 3. The first-order chi connectivity index (χ1) is 13.6. The van der Waals surface area contributed by atoms with Crippen molar-refractivity contribution in [3.05, 3.63) is 54.1 Å². The van der Waals surface area contributed by atoms with E-state index >= 15 is 0 Å². The van der Waals surface area contributed by atoms with Crippen LogP contribution < -0.4 is 5.32 Å². The van der Waals surface area contributed by atoms with E-state index in [-0.39, 0.29) is 11.7 Å². The van der Waals surface area contributed by atoms with Gasteiger partial charge in [0.05, 0.1) is 0 Å². The molecule has 148 valence electrons. The van der Waals surface area contributed by atoms with Crippen LogP contribution in [0.3, 0.4) is 0 Å². The van der Waals surface area contributed by atoms with Crippen molar-refractivity contribution in [3.8, 4) is 0 Å². The van der Waals surface area contributed by atoms with Gasteiger partial charge in [-0.2, -0.15) is 0 Å². The Morgan fingerprint density at radius 2 is 1.82 bits per heavy atom. The van der Waals surface area contributed by atoms with Crippen molar-refractivity contribution in [2.45, 2.75) is 57.8 Å². The lowest BCUT2D eigenvalue weighted by Gasteiger charge is -2.36. The van der Waals surface area contributed by atoms with E-state index in [4.69, 9.17) is 0 Å². The highest BCUT2D eigenvalue weighted by Gasteiger charge is 2.37. The molecule has 0 aliphatic carbocycles. The zero-order chi connectivity index (χ0) is 19.5. The summed E-state index contributed by atoms with van der Waals surface area (Å²) in [6, 6.07) is 11.4. The predicted molar refractivity (Wildman–Crippen MR) is 110 cm³/mol. The SMILES string of the molecule is CC(C)N1[C@H]2CCNc3ccccc3CN(C(=O)c3ncccn3)C[C@@H]1CC2. The maximum Gasteiger partial charge on any atom is 0.292 e. The van der Waals surface area contributed by atoms with Crippen molar-refractivity contribution in [3.63, 3.8) is 0 Å². The molecule has 28 heavy (non-hydrogen) atoms. The van der Waals surface area contributed by atoms with Crippen LogP contribution in [0.15, 0.2) is 42.7 Å². The Labute approximate surface area is 167 Å². The quantitative estimate of drug-likeness (QED) is 0.868. The van der Waals surface area contributed by atoms with Crippen molar-refractivity contribution < 1.29 is 4.79 Å². The zero-order valence-electron chi connectivity index (χ0n) is 16.7. The molecule has 0 radical (unpaired) electrons. The number of rotatable bonds is 2. The number of nitrogens with one attached hydrogen (secondary N) is 1. The first kappa shape index (κ1) is 18.9. The molecule has 1 saturated heterocycles. The third-order valence-corrected chi connectivity index (χ3v) is 5.92. The van der Waals surface area contributed by atoms with Crippen LogP contribution in [0.1, 0.15) is 49.3 Å². The van der Waals surface area contributed by atoms with E-state index in [1.54, 1.807) is 18.5 Å². The molecule has 1 fully saturated rings. The molecule has 2 bridgehead atoms. The lowest BCUT2D eigenvalue weighted by molar-refractivity contribution is 0.0622. The molecule has 2 aromatic rings. The van der Waals surface area contributed by atoms with Crippen LogP contribution in [0.4, 0.5) is 5.69 Å². The van der Waals surface area contributed by atoms with Crippen LogP contribution in [0.2, 0.25) is 0 Å². The summed E-state index contributed by atoms with van der Waals surface area (Å²) in [6.07, 6.45) is 6.71. The minimum atomic E-state index is -0.0955. The van der Waals surface area contributed by atoms with Gasteiger partial charge in [0.25, 0.3) is 5.91 Å². The Morgan fingerprint density at radius 3 is 2.61 bits per heavy atom. The summed E-state index contributed by atoms with van der Waals surface area (Å²) in [5.41, 5.74) is 2.25. The second-order valence-electron chi connectivity index (χ2n) is 8.06. The second-order valence-corrected chi connectivity index (χ2v) is 8.06. The van der Waals surface area contributed by atoms with Gasteiger partial charge in [0.1, 0.15) is 0 Å². The minimum Gasteiger partial charge on any atom is -0.385 e. The van der Waals surface area contributed by atoms with Crippen molar-refractivity contribution in [1.82, 2.24) is 19.8 Å². The first-order valence-corrected chi connectivity index (χ1v) is 10.3. The van der Waals surface area contributed by atoms with Gasteiger partial charge in [-0.05, 0) is 50.8 Å². The van der Waals surface area contributed by atoms with Gasteiger partial charge >= 0.3 is 0 Å². The van der Waals surface area contributed by atoms with E-state index in [9.17, 15) is 4.79 Å². The molecule has 1 aromatic heterocycles. The Balaban J connectivity index is 1.69. The summed E-state index contributed by atoms with van der Waals surface area (Å²) in [6.45, 7) is 6.75. The average molecular weight is 380 g/mol. The summed E-state index contributed by atoms with van der Waals surface area (Å²) in [4.78, 5) is 26.2. The lowest BCUT2D eigenvalue weighted by Crippen LogP contribution is -2.48. The number of nitrogens with zero attached hydrogens (tertiary/aromatic N) is 4. The monoisotopic (exact) mass is 379 g/mol. The van der Waals surface area contributed by atoms with E-state index in [1.807, 2.05) is 17.0 Å². The molecule has 4 rings (SSSR count). The van der Waals surface area contributed by atoms with Crippen molar-refractivity contribution in [1.29, 1.82) is 0 Å². The maximum atomic E-state index is 13.3. The van der Waals surface area contributed by atoms with Gasteiger partial charge in [-0.25, -0.2) is 9.97 Å². The van der Waals surface area contributed by atoms with Crippen LogP contribution in [0, 0.1) is 0 Å². The van der Waals surface area contributed by atoms with Gasteiger partial charge in [-0.1, -0.05) is 18.2 Å². The van der Waals surface area contributed by atoms with Crippen LogP contribution >= 0.6 is 0 Å². The van der Waals surface area contributed by atoms with Crippen LogP contribution in [-0.2, 0) is 6.54 Å². The lowest BCUT2D eigenvalue weighted by atomic mass is 10.1. The van der Waals surface area contributed by atoms with Crippen LogP contribution in [0.5, 0.6) is 0 Å². The summed E-state index contributed by atoms with van der Waals surface area (Å²) in [7, 11) is 0. The van der Waals surface area contributed by atoms with Crippen molar-refractivity contribution >= 4 is 11.6 Å². The zero-order valence-corrected chi connectivity index (χ0v) is 16.7. The number of hydrogen-bond acceptors (Lipinski definition) is 5. The molecule has 0 spiro atoms. The number of hydrogen-bond donors (Lipinski definition) is 1. The molecule has 0 saturated carbocycles. The summed E-state index contributed by atoms with van der Waals surface area (Å²) in [5, 5.41) is 3.61. The van der Waals surface area contributed by atoms with E-state index in [2.05, 4.69) is 46.2 Å².